The van der Waals surface area contributed by atoms with Gasteiger partial charge in [0, 0.05) is 44.4 Å². The number of aromatic nitrogens is 2. The molecule has 0 spiro atoms. The average molecular weight is 319 g/mol. The van der Waals surface area contributed by atoms with Gasteiger partial charge < -0.3 is 15.5 Å². The molecule has 0 aliphatic carbocycles. The molecule has 0 unspecified atom stereocenters. The molecule has 0 saturated carbocycles. The Morgan fingerprint density at radius 1 is 1.22 bits per heavy atom. The Labute approximate surface area is 139 Å². The number of nitrogens with one attached hydrogen (secondary N) is 2. The van der Waals surface area contributed by atoms with Crippen LogP contribution in [0.4, 0.5) is 11.8 Å². The van der Waals surface area contributed by atoms with Gasteiger partial charge in [-0.3, -0.25) is 4.79 Å². The van der Waals surface area contributed by atoms with Crippen molar-refractivity contribution in [3.05, 3.63) is 11.8 Å². The van der Waals surface area contributed by atoms with Crippen LogP contribution in [-0.4, -0.2) is 42.1 Å². The number of amides is 1. The molecule has 1 aromatic heterocycles. The molecule has 1 amide bonds. The van der Waals surface area contributed by atoms with E-state index in [9.17, 15) is 4.79 Å². The van der Waals surface area contributed by atoms with E-state index in [2.05, 4.69) is 32.4 Å². The quantitative estimate of drug-likeness (QED) is 0.721. The number of rotatable bonds is 8. The molecule has 2 heterocycles. The van der Waals surface area contributed by atoms with Gasteiger partial charge in [-0.25, -0.2) is 4.98 Å². The molecule has 6 heteroatoms. The number of hydrogen-bond donors (Lipinski definition) is 2. The van der Waals surface area contributed by atoms with E-state index in [0.29, 0.717) is 25.5 Å². The van der Waals surface area contributed by atoms with Crippen molar-refractivity contribution in [2.45, 2.75) is 52.4 Å². The molecule has 2 rings (SSSR count). The summed E-state index contributed by atoms with van der Waals surface area (Å²) in [6.07, 6.45) is 6.37. The lowest BCUT2D eigenvalue weighted by Gasteiger charge is -2.28. The van der Waals surface area contributed by atoms with Gasteiger partial charge in [-0.15, -0.1) is 0 Å². The van der Waals surface area contributed by atoms with E-state index in [1.165, 1.54) is 19.3 Å². The SMILES string of the molecule is CCCCC(=O)NCCNc1nc(C)cc(N2CCCCC2)n1. The maximum absolute atomic E-state index is 11.6. The first-order chi connectivity index (χ1) is 11.2. The summed E-state index contributed by atoms with van der Waals surface area (Å²) >= 11 is 0. The summed E-state index contributed by atoms with van der Waals surface area (Å²) in [6, 6.07) is 2.04. The van der Waals surface area contributed by atoms with Crippen LogP contribution in [0.15, 0.2) is 6.07 Å². The van der Waals surface area contributed by atoms with Crippen LogP contribution < -0.4 is 15.5 Å². The van der Waals surface area contributed by atoms with E-state index in [4.69, 9.17) is 0 Å². The Kier molecular flexibility index (Phi) is 7.10. The molecule has 1 fully saturated rings. The van der Waals surface area contributed by atoms with Gasteiger partial charge in [0.05, 0.1) is 0 Å². The van der Waals surface area contributed by atoms with E-state index in [0.717, 1.165) is 37.4 Å². The summed E-state index contributed by atoms with van der Waals surface area (Å²) in [7, 11) is 0. The van der Waals surface area contributed by atoms with Gasteiger partial charge in [0.25, 0.3) is 0 Å². The monoisotopic (exact) mass is 319 g/mol. The van der Waals surface area contributed by atoms with Crippen LogP contribution in [0.2, 0.25) is 0 Å². The lowest BCUT2D eigenvalue weighted by Crippen LogP contribution is -2.31. The second-order valence-electron chi connectivity index (χ2n) is 6.12. The normalized spacial score (nSPS) is 14.6. The topological polar surface area (TPSA) is 70.2 Å². The number of carbonyl (C=O) groups is 1. The molecule has 23 heavy (non-hydrogen) atoms. The van der Waals surface area contributed by atoms with Crippen molar-refractivity contribution < 1.29 is 4.79 Å². The summed E-state index contributed by atoms with van der Waals surface area (Å²) in [5.74, 6) is 1.77. The second-order valence-corrected chi connectivity index (χ2v) is 6.12. The van der Waals surface area contributed by atoms with E-state index in [-0.39, 0.29) is 5.91 Å². The van der Waals surface area contributed by atoms with Crippen LogP contribution in [0.25, 0.3) is 0 Å². The molecule has 0 atom stereocenters. The fraction of sp³-hybridized carbons (Fsp3) is 0.706. The lowest BCUT2D eigenvalue weighted by atomic mass is 10.1. The average Bonchev–Trinajstić information content (AvgIpc) is 2.57. The molecular formula is C17H29N5O. The van der Waals surface area contributed by atoms with Crippen molar-refractivity contribution >= 4 is 17.7 Å². The number of aryl methyl sites for hydroxylation is 1. The minimum Gasteiger partial charge on any atom is -0.356 e. The Bertz CT molecular complexity index is 500. The highest BCUT2D eigenvalue weighted by molar-refractivity contribution is 5.75. The standard InChI is InChI=1S/C17H29N5O/c1-3-4-8-16(23)18-9-10-19-17-20-14(2)13-15(21-17)22-11-6-5-7-12-22/h13H,3-12H2,1-2H3,(H,18,23)(H,19,20,21). The van der Waals surface area contributed by atoms with Crippen molar-refractivity contribution in [3.63, 3.8) is 0 Å². The molecule has 128 valence electrons. The molecule has 1 aliphatic rings. The summed E-state index contributed by atoms with van der Waals surface area (Å²) in [5, 5.41) is 6.13. The first kappa shape index (κ1) is 17.5. The Hall–Kier alpha value is -1.85. The molecule has 0 bridgehead atoms. The van der Waals surface area contributed by atoms with Crippen LogP contribution in [0, 0.1) is 6.92 Å². The zero-order valence-corrected chi connectivity index (χ0v) is 14.4. The zero-order valence-electron chi connectivity index (χ0n) is 14.4. The van der Waals surface area contributed by atoms with Crippen molar-refractivity contribution in [2.24, 2.45) is 0 Å². The van der Waals surface area contributed by atoms with Crippen molar-refractivity contribution in [2.75, 3.05) is 36.4 Å². The summed E-state index contributed by atoms with van der Waals surface area (Å²) in [5.41, 5.74) is 0.968. The van der Waals surface area contributed by atoms with Crippen LogP contribution in [0.1, 0.15) is 51.1 Å². The third kappa shape index (κ3) is 6.04. The maximum Gasteiger partial charge on any atom is 0.224 e. The number of anilines is 2. The third-order valence-electron chi connectivity index (χ3n) is 4.01. The second kappa shape index (κ2) is 9.33. The fourth-order valence-corrected chi connectivity index (χ4v) is 2.72. The number of carbonyl (C=O) groups excluding carboxylic acids is 1. The predicted octanol–water partition coefficient (Wildman–Crippen LogP) is 2.49. The summed E-state index contributed by atoms with van der Waals surface area (Å²) in [6.45, 7) is 7.46. The minimum absolute atomic E-state index is 0.118. The highest BCUT2D eigenvalue weighted by Crippen LogP contribution is 2.19. The highest BCUT2D eigenvalue weighted by Gasteiger charge is 2.13. The van der Waals surface area contributed by atoms with Crippen molar-refractivity contribution in [1.82, 2.24) is 15.3 Å². The van der Waals surface area contributed by atoms with Crippen molar-refractivity contribution in [3.8, 4) is 0 Å². The smallest absolute Gasteiger partial charge is 0.224 e. The highest BCUT2D eigenvalue weighted by atomic mass is 16.1. The Morgan fingerprint density at radius 3 is 2.74 bits per heavy atom. The summed E-state index contributed by atoms with van der Waals surface area (Å²) in [4.78, 5) is 22.9. The molecule has 2 N–H and O–H groups in total. The molecule has 1 aromatic rings. The first-order valence-corrected chi connectivity index (χ1v) is 8.80. The molecule has 6 nitrogen and oxygen atoms in total. The Balaban J connectivity index is 1.80. The Morgan fingerprint density at radius 2 is 2.00 bits per heavy atom. The van der Waals surface area contributed by atoms with Crippen LogP contribution in [0.3, 0.4) is 0 Å². The van der Waals surface area contributed by atoms with E-state index >= 15 is 0 Å². The van der Waals surface area contributed by atoms with Gasteiger partial charge >= 0.3 is 0 Å². The molecule has 0 radical (unpaired) electrons. The summed E-state index contributed by atoms with van der Waals surface area (Å²) < 4.78 is 0. The van der Waals surface area contributed by atoms with Crippen molar-refractivity contribution in [1.29, 1.82) is 0 Å². The molecular weight excluding hydrogens is 290 g/mol. The third-order valence-corrected chi connectivity index (χ3v) is 4.01. The number of nitrogens with zero attached hydrogens (tertiary/aromatic N) is 3. The van der Waals surface area contributed by atoms with Gasteiger partial charge in [0.1, 0.15) is 5.82 Å². The minimum atomic E-state index is 0.118. The largest absolute Gasteiger partial charge is 0.356 e. The van der Waals surface area contributed by atoms with E-state index in [1.54, 1.807) is 0 Å². The van der Waals surface area contributed by atoms with Gasteiger partial charge in [0.15, 0.2) is 0 Å². The van der Waals surface area contributed by atoms with E-state index < -0.39 is 0 Å². The predicted molar refractivity (Wildman–Crippen MR) is 93.9 cm³/mol. The van der Waals surface area contributed by atoms with Gasteiger partial charge in [-0.1, -0.05) is 13.3 Å². The number of piperidine rings is 1. The first-order valence-electron chi connectivity index (χ1n) is 8.80. The van der Waals surface area contributed by atoms with Gasteiger partial charge in [0.2, 0.25) is 11.9 Å². The lowest BCUT2D eigenvalue weighted by molar-refractivity contribution is -0.121. The van der Waals surface area contributed by atoms with Crippen LogP contribution in [0.5, 0.6) is 0 Å². The molecule has 1 aliphatic heterocycles. The molecule has 0 aromatic carbocycles. The zero-order chi connectivity index (χ0) is 16.5. The van der Waals surface area contributed by atoms with Gasteiger partial charge in [-0.2, -0.15) is 4.98 Å². The van der Waals surface area contributed by atoms with Crippen LogP contribution in [-0.2, 0) is 4.79 Å². The van der Waals surface area contributed by atoms with E-state index in [1.807, 2.05) is 13.0 Å². The number of hydrogen-bond acceptors (Lipinski definition) is 5. The fourth-order valence-electron chi connectivity index (χ4n) is 2.72. The molecule has 1 saturated heterocycles. The van der Waals surface area contributed by atoms with Gasteiger partial charge in [-0.05, 0) is 32.6 Å². The number of unbranched alkanes of at least 4 members (excludes halogenated alkanes) is 1. The maximum atomic E-state index is 11.6. The van der Waals surface area contributed by atoms with Crippen LogP contribution >= 0.6 is 0 Å².